The second kappa shape index (κ2) is 7.82. The summed E-state index contributed by atoms with van der Waals surface area (Å²) in [7, 11) is 1.68. The van der Waals surface area contributed by atoms with Crippen LogP contribution in [0.15, 0.2) is 42.5 Å². The lowest BCUT2D eigenvalue weighted by Gasteiger charge is -2.11. The Hall–Kier alpha value is -2.04. The van der Waals surface area contributed by atoms with Crippen molar-refractivity contribution >= 4 is 28.9 Å². The summed E-state index contributed by atoms with van der Waals surface area (Å²) >= 11 is 6.05. The summed E-state index contributed by atoms with van der Waals surface area (Å²) in [6, 6.07) is 13.7. The molecule has 0 fully saturated rings. The van der Waals surface area contributed by atoms with Gasteiger partial charge in [-0.05, 0) is 29.3 Å². The fourth-order valence-electron chi connectivity index (χ4n) is 2.04. The molecule has 0 atom stereocenters. The molecular weight excluding hydrogens is 300 g/mol. The van der Waals surface area contributed by atoms with Crippen molar-refractivity contribution in [2.24, 2.45) is 0 Å². The summed E-state index contributed by atoms with van der Waals surface area (Å²) < 4.78 is 5.09. The molecule has 2 N–H and O–H groups in total. The second-order valence-corrected chi connectivity index (χ2v) is 5.39. The molecule has 0 heterocycles. The van der Waals surface area contributed by atoms with E-state index in [2.05, 4.69) is 22.8 Å². The Morgan fingerprint density at radius 2 is 1.82 bits per heavy atom. The maximum Gasteiger partial charge on any atom is 0.221 e. The normalized spacial score (nSPS) is 10.3. The lowest BCUT2D eigenvalue weighted by atomic mass is 10.1. The van der Waals surface area contributed by atoms with E-state index in [9.17, 15) is 4.79 Å². The Morgan fingerprint density at radius 1 is 1.14 bits per heavy atom. The molecule has 0 saturated carbocycles. The number of amides is 1. The van der Waals surface area contributed by atoms with Crippen molar-refractivity contribution in [1.82, 2.24) is 0 Å². The Bertz CT molecular complexity index is 642. The molecule has 0 aromatic heterocycles. The number of hydrogen-bond acceptors (Lipinski definition) is 3. The highest BCUT2D eigenvalue weighted by Gasteiger charge is 2.04. The third kappa shape index (κ3) is 4.76. The zero-order chi connectivity index (χ0) is 15.9. The minimum atomic E-state index is -0.146. The van der Waals surface area contributed by atoms with Gasteiger partial charge in [0.25, 0.3) is 0 Å². The number of halogens is 1. The van der Waals surface area contributed by atoms with E-state index < -0.39 is 0 Å². The van der Waals surface area contributed by atoms with E-state index >= 15 is 0 Å². The van der Waals surface area contributed by atoms with E-state index in [1.807, 2.05) is 24.3 Å². The number of ether oxygens (including phenoxy) is 1. The van der Waals surface area contributed by atoms with Crippen molar-refractivity contribution in [3.8, 4) is 0 Å². The number of nitrogens with one attached hydrogen (secondary N) is 2. The quantitative estimate of drug-likeness (QED) is 0.844. The van der Waals surface area contributed by atoms with Crippen LogP contribution in [0, 0.1) is 0 Å². The highest BCUT2D eigenvalue weighted by Crippen LogP contribution is 2.25. The first-order chi connectivity index (χ1) is 10.6. The van der Waals surface area contributed by atoms with Gasteiger partial charge < -0.3 is 15.4 Å². The molecule has 0 bridgehead atoms. The first-order valence-electron chi connectivity index (χ1n) is 6.96. The van der Waals surface area contributed by atoms with Gasteiger partial charge in [0.15, 0.2) is 0 Å². The minimum Gasteiger partial charge on any atom is -0.381 e. The van der Waals surface area contributed by atoms with E-state index in [1.54, 1.807) is 13.2 Å². The van der Waals surface area contributed by atoms with Crippen LogP contribution >= 0.6 is 11.6 Å². The molecule has 0 aliphatic rings. The number of anilines is 2. The molecule has 0 unspecified atom stereocenters. The number of carbonyl (C=O) groups excluding carboxylic acids is 1. The SMILES string of the molecule is COCc1ccc(CNc2ccc(Cl)c(NC(C)=O)c2)cc1. The first-order valence-corrected chi connectivity index (χ1v) is 7.34. The molecule has 0 spiro atoms. The number of hydrogen-bond donors (Lipinski definition) is 2. The maximum atomic E-state index is 11.1. The van der Waals surface area contributed by atoms with Crippen LogP contribution in [0.25, 0.3) is 0 Å². The van der Waals surface area contributed by atoms with Crippen LogP contribution in [-0.4, -0.2) is 13.0 Å². The second-order valence-electron chi connectivity index (χ2n) is 4.98. The third-order valence-corrected chi connectivity index (χ3v) is 3.44. The Morgan fingerprint density at radius 3 is 2.45 bits per heavy atom. The average molecular weight is 319 g/mol. The molecule has 2 aromatic rings. The largest absolute Gasteiger partial charge is 0.381 e. The Balaban J connectivity index is 2.00. The standard InChI is InChI=1S/C17H19ClN2O2/c1-12(21)20-17-9-15(7-8-16(17)18)19-10-13-3-5-14(6-4-13)11-22-2/h3-9,19H,10-11H2,1-2H3,(H,20,21). The lowest BCUT2D eigenvalue weighted by Crippen LogP contribution is -2.07. The summed E-state index contributed by atoms with van der Waals surface area (Å²) in [4.78, 5) is 11.1. The predicted molar refractivity (Wildman–Crippen MR) is 90.2 cm³/mol. The zero-order valence-corrected chi connectivity index (χ0v) is 13.4. The van der Waals surface area contributed by atoms with Gasteiger partial charge >= 0.3 is 0 Å². The van der Waals surface area contributed by atoms with Crippen LogP contribution in [0.5, 0.6) is 0 Å². The minimum absolute atomic E-state index is 0.146. The van der Waals surface area contributed by atoms with Crippen LogP contribution in [0.4, 0.5) is 11.4 Å². The van der Waals surface area contributed by atoms with Crippen molar-refractivity contribution in [2.75, 3.05) is 17.7 Å². The highest BCUT2D eigenvalue weighted by molar-refractivity contribution is 6.33. The van der Waals surface area contributed by atoms with Crippen molar-refractivity contribution in [1.29, 1.82) is 0 Å². The van der Waals surface area contributed by atoms with E-state index in [1.165, 1.54) is 6.92 Å². The highest BCUT2D eigenvalue weighted by atomic mass is 35.5. The molecule has 4 nitrogen and oxygen atoms in total. The summed E-state index contributed by atoms with van der Waals surface area (Å²) in [6.07, 6.45) is 0. The molecule has 0 saturated heterocycles. The Kier molecular flexibility index (Phi) is 5.81. The number of benzene rings is 2. The topological polar surface area (TPSA) is 50.4 Å². The van der Waals surface area contributed by atoms with Gasteiger partial charge in [-0.1, -0.05) is 35.9 Å². The van der Waals surface area contributed by atoms with E-state index in [-0.39, 0.29) is 5.91 Å². The summed E-state index contributed by atoms with van der Waals surface area (Å²) in [5.74, 6) is -0.146. The van der Waals surface area contributed by atoms with Gasteiger partial charge in [-0.25, -0.2) is 0 Å². The van der Waals surface area contributed by atoms with Gasteiger partial charge in [0.1, 0.15) is 0 Å². The van der Waals surface area contributed by atoms with E-state index in [0.29, 0.717) is 23.9 Å². The average Bonchev–Trinajstić information content (AvgIpc) is 2.49. The monoisotopic (exact) mass is 318 g/mol. The molecule has 0 aliphatic carbocycles. The van der Waals surface area contributed by atoms with Gasteiger partial charge in [-0.3, -0.25) is 4.79 Å². The molecule has 22 heavy (non-hydrogen) atoms. The van der Waals surface area contributed by atoms with Gasteiger partial charge in [0, 0.05) is 26.3 Å². The maximum absolute atomic E-state index is 11.1. The van der Waals surface area contributed by atoms with Gasteiger partial charge in [-0.15, -0.1) is 0 Å². The van der Waals surface area contributed by atoms with Crippen molar-refractivity contribution in [3.63, 3.8) is 0 Å². The third-order valence-electron chi connectivity index (χ3n) is 3.11. The molecule has 5 heteroatoms. The van der Waals surface area contributed by atoms with Crippen molar-refractivity contribution in [3.05, 3.63) is 58.6 Å². The van der Waals surface area contributed by atoms with Gasteiger partial charge in [0.05, 0.1) is 17.3 Å². The van der Waals surface area contributed by atoms with Crippen molar-refractivity contribution < 1.29 is 9.53 Å². The van der Waals surface area contributed by atoms with Crippen LogP contribution in [-0.2, 0) is 22.7 Å². The van der Waals surface area contributed by atoms with Crippen LogP contribution in [0.3, 0.4) is 0 Å². The predicted octanol–water partition coefficient (Wildman–Crippen LogP) is 4.06. The lowest BCUT2D eigenvalue weighted by molar-refractivity contribution is -0.114. The molecular formula is C17H19ClN2O2. The van der Waals surface area contributed by atoms with Crippen molar-refractivity contribution in [2.45, 2.75) is 20.1 Å². The van der Waals surface area contributed by atoms with E-state index in [0.717, 1.165) is 16.8 Å². The van der Waals surface area contributed by atoms with E-state index in [4.69, 9.17) is 16.3 Å². The fourth-order valence-corrected chi connectivity index (χ4v) is 2.21. The zero-order valence-electron chi connectivity index (χ0n) is 12.7. The fraction of sp³-hybridized carbons (Fsp3) is 0.235. The van der Waals surface area contributed by atoms with Crippen LogP contribution in [0.1, 0.15) is 18.1 Å². The number of methoxy groups -OCH3 is 1. The first kappa shape index (κ1) is 16.3. The number of rotatable bonds is 6. The molecule has 0 radical (unpaired) electrons. The molecule has 116 valence electrons. The molecule has 2 rings (SSSR count). The molecule has 1 amide bonds. The summed E-state index contributed by atoms with van der Waals surface area (Å²) in [5, 5.41) is 6.54. The van der Waals surface area contributed by atoms with Gasteiger partial charge in [-0.2, -0.15) is 0 Å². The van der Waals surface area contributed by atoms with Crippen LogP contribution < -0.4 is 10.6 Å². The molecule has 0 aliphatic heterocycles. The smallest absolute Gasteiger partial charge is 0.221 e. The summed E-state index contributed by atoms with van der Waals surface area (Å²) in [6.45, 7) is 2.76. The molecule has 2 aromatic carbocycles. The van der Waals surface area contributed by atoms with Gasteiger partial charge in [0.2, 0.25) is 5.91 Å². The summed E-state index contributed by atoms with van der Waals surface area (Å²) in [5.41, 5.74) is 3.81. The van der Waals surface area contributed by atoms with Crippen LogP contribution in [0.2, 0.25) is 5.02 Å². The number of carbonyl (C=O) groups is 1. The Labute approximate surface area is 135 Å².